The van der Waals surface area contributed by atoms with Gasteiger partial charge in [0.25, 0.3) is 0 Å². The van der Waals surface area contributed by atoms with E-state index in [0.29, 0.717) is 6.04 Å². The molecule has 2 aromatic heterocycles. The van der Waals surface area contributed by atoms with Gasteiger partial charge in [-0.2, -0.15) is 0 Å². The molecule has 1 fully saturated rings. The fourth-order valence-corrected chi connectivity index (χ4v) is 4.40. The zero-order valence-electron chi connectivity index (χ0n) is 14.4. The van der Waals surface area contributed by atoms with Crippen LogP contribution in [0.2, 0.25) is 0 Å². The molecule has 0 radical (unpaired) electrons. The highest BCUT2D eigenvalue weighted by Crippen LogP contribution is 2.27. The zero-order valence-corrected chi connectivity index (χ0v) is 14.4. The van der Waals surface area contributed by atoms with Crippen LogP contribution in [0.25, 0.3) is 11.0 Å². The van der Waals surface area contributed by atoms with E-state index in [1.165, 1.54) is 19.3 Å². The Balaban J connectivity index is 1.28. The predicted octanol–water partition coefficient (Wildman–Crippen LogP) is 2.64. The minimum Gasteiger partial charge on any atom is -0.353 e. The number of hydrogen-bond donors (Lipinski definition) is 1. The number of rotatable bonds is 2. The lowest BCUT2D eigenvalue weighted by Gasteiger charge is -2.41. The van der Waals surface area contributed by atoms with Crippen molar-refractivity contribution in [2.24, 2.45) is 0 Å². The number of hydrogen-bond acceptors (Lipinski definition) is 4. The van der Waals surface area contributed by atoms with E-state index in [9.17, 15) is 0 Å². The number of aromatic amines is 1. The van der Waals surface area contributed by atoms with Gasteiger partial charge in [-0.1, -0.05) is 24.3 Å². The number of H-pyrrole nitrogens is 1. The summed E-state index contributed by atoms with van der Waals surface area (Å²) in [5.74, 6) is 1.07. The van der Waals surface area contributed by atoms with Crippen LogP contribution in [0.3, 0.4) is 0 Å². The van der Waals surface area contributed by atoms with E-state index < -0.39 is 0 Å². The van der Waals surface area contributed by atoms with Crippen molar-refractivity contribution in [3.05, 3.63) is 54.0 Å². The van der Waals surface area contributed by atoms with Gasteiger partial charge in [-0.15, -0.1) is 0 Å². The second-order valence-electron chi connectivity index (χ2n) is 7.13. The second kappa shape index (κ2) is 6.15. The minimum atomic E-state index is 0.690. The van der Waals surface area contributed by atoms with Gasteiger partial charge in [0.15, 0.2) is 0 Å². The lowest BCUT2D eigenvalue weighted by Crippen LogP contribution is -2.52. The third-order valence-corrected chi connectivity index (χ3v) is 5.78. The number of fused-ring (bicyclic) bond motifs is 2. The molecule has 1 aliphatic heterocycles. The molecule has 0 saturated carbocycles. The highest BCUT2D eigenvalue weighted by molar-refractivity contribution is 5.87. The topological polar surface area (TPSA) is 48.1 Å². The molecule has 2 aliphatic rings. The number of aromatic nitrogens is 3. The average Bonchev–Trinajstić information content (AvgIpc) is 3.17. The first kappa shape index (κ1) is 14.9. The van der Waals surface area contributed by atoms with Crippen molar-refractivity contribution >= 4 is 16.9 Å². The van der Waals surface area contributed by atoms with Crippen molar-refractivity contribution in [2.45, 2.75) is 25.3 Å². The van der Waals surface area contributed by atoms with Gasteiger partial charge < -0.3 is 9.88 Å². The Bertz CT molecular complexity index is 878. The number of benzene rings is 1. The van der Waals surface area contributed by atoms with Gasteiger partial charge in [0, 0.05) is 38.4 Å². The van der Waals surface area contributed by atoms with Crippen LogP contribution < -0.4 is 4.90 Å². The van der Waals surface area contributed by atoms with Crippen molar-refractivity contribution in [3.63, 3.8) is 0 Å². The molecule has 5 rings (SSSR count). The van der Waals surface area contributed by atoms with Crippen molar-refractivity contribution in [3.8, 4) is 0 Å². The maximum Gasteiger partial charge on any atom is 0.142 e. The fraction of sp³-hybridized carbons (Fsp3) is 0.400. The number of nitrogens with zero attached hydrogens (tertiary/aromatic N) is 4. The fourth-order valence-electron chi connectivity index (χ4n) is 4.40. The van der Waals surface area contributed by atoms with Crippen molar-refractivity contribution < 1.29 is 0 Å². The molecule has 0 unspecified atom stereocenters. The summed E-state index contributed by atoms with van der Waals surface area (Å²) in [6.45, 7) is 4.30. The molecule has 128 valence electrons. The van der Waals surface area contributed by atoms with Gasteiger partial charge in [0.05, 0.1) is 5.39 Å². The van der Waals surface area contributed by atoms with E-state index in [2.05, 4.69) is 55.1 Å². The normalized spacial score (nSPS) is 21.4. The first-order chi connectivity index (χ1) is 12.4. The van der Waals surface area contributed by atoms with Gasteiger partial charge in [0.2, 0.25) is 0 Å². The summed E-state index contributed by atoms with van der Waals surface area (Å²) >= 11 is 0. The molecule has 0 spiro atoms. The van der Waals surface area contributed by atoms with E-state index in [0.717, 1.165) is 43.0 Å². The molecule has 0 bridgehead atoms. The van der Waals surface area contributed by atoms with Crippen molar-refractivity contribution in [2.75, 3.05) is 31.1 Å². The van der Waals surface area contributed by atoms with Crippen LogP contribution in [0.1, 0.15) is 17.5 Å². The maximum absolute atomic E-state index is 4.55. The molecular formula is C20H23N5. The molecule has 1 N–H and O–H groups in total. The molecule has 1 aromatic carbocycles. The number of nitrogens with one attached hydrogen (secondary N) is 1. The van der Waals surface area contributed by atoms with Crippen LogP contribution in [0, 0.1) is 0 Å². The minimum absolute atomic E-state index is 0.690. The number of piperazine rings is 1. The van der Waals surface area contributed by atoms with Crippen molar-refractivity contribution in [1.29, 1.82) is 0 Å². The Hall–Kier alpha value is -2.40. The predicted molar refractivity (Wildman–Crippen MR) is 99.9 cm³/mol. The average molecular weight is 333 g/mol. The first-order valence-corrected chi connectivity index (χ1v) is 9.22. The van der Waals surface area contributed by atoms with Gasteiger partial charge in [-0.25, -0.2) is 9.97 Å². The van der Waals surface area contributed by atoms with E-state index in [1.54, 1.807) is 17.5 Å². The Kier molecular flexibility index (Phi) is 3.67. The third kappa shape index (κ3) is 2.68. The SMILES string of the molecule is c1ccc2c(c1)CC[C@@H](N1CCN(c3ncnc4[nH]ccc34)CC1)C2. The molecule has 5 nitrogen and oxygen atoms in total. The monoisotopic (exact) mass is 333 g/mol. The lowest BCUT2D eigenvalue weighted by molar-refractivity contribution is 0.170. The molecule has 1 atom stereocenters. The van der Waals surface area contributed by atoms with Crippen LogP contribution >= 0.6 is 0 Å². The Labute approximate surface area is 147 Å². The van der Waals surface area contributed by atoms with E-state index in [-0.39, 0.29) is 0 Å². The summed E-state index contributed by atoms with van der Waals surface area (Å²) in [6, 6.07) is 11.7. The van der Waals surface area contributed by atoms with E-state index in [1.807, 2.05) is 6.20 Å². The molecule has 1 saturated heterocycles. The van der Waals surface area contributed by atoms with Crippen molar-refractivity contribution in [1.82, 2.24) is 19.9 Å². The largest absolute Gasteiger partial charge is 0.353 e. The molecular weight excluding hydrogens is 310 g/mol. The maximum atomic E-state index is 4.55. The Morgan fingerprint density at radius 1 is 0.960 bits per heavy atom. The Morgan fingerprint density at radius 3 is 2.68 bits per heavy atom. The lowest BCUT2D eigenvalue weighted by atomic mass is 9.87. The summed E-state index contributed by atoms with van der Waals surface area (Å²) in [5.41, 5.74) is 4.02. The molecule has 5 heteroatoms. The second-order valence-corrected chi connectivity index (χ2v) is 7.13. The highest BCUT2D eigenvalue weighted by atomic mass is 15.3. The van der Waals surface area contributed by atoms with Gasteiger partial charge in [-0.3, -0.25) is 4.90 Å². The summed E-state index contributed by atoms with van der Waals surface area (Å²) in [5, 5.41) is 1.13. The van der Waals surface area contributed by atoms with Gasteiger partial charge in [-0.05, 0) is 36.5 Å². The van der Waals surface area contributed by atoms with Crippen LogP contribution in [0.15, 0.2) is 42.9 Å². The molecule has 3 aromatic rings. The van der Waals surface area contributed by atoms with Gasteiger partial charge >= 0.3 is 0 Å². The zero-order chi connectivity index (χ0) is 16.6. The van der Waals surface area contributed by atoms with Gasteiger partial charge in [0.1, 0.15) is 17.8 Å². The highest BCUT2D eigenvalue weighted by Gasteiger charge is 2.28. The summed E-state index contributed by atoms with van der Waals surface area (Å²) < 4.78 is 0. The quantitative estimate of drug-likeness (QED) is 0.783. The molecule has 1 aliphatic carbocycles. The standard InChI is InChI=1S/C20H23N5/c1-2-4-16-13-17(6-5-15(16)3-1)24-9-11-25(12-10-24)20-18-7-8-21-19(18)22-14-23-20/h1-4,7-8,14,17H,5-6,9-13H2,(H,21,22,23)/t17-/m1/s1. The number of aryl methyl sites for hydroxylation is 1. The summed E-state index contributed by atoms with van der Waals surface area (Å²) in [7, 11) is 0. The first-order valence-electron chi connectivity index (χ1n) is 9.22. The van der Waals surface area contributed by atoms with E-state index >= 15 is 0 Å². The summed E-state index contributed by atoms with van der Waals surface area (Å²) in [6.07, 6.45) is 7.31. The van der Waals surface area contributed by atoms with Crippen LogP contribution in [0.5, 0.6) is 0 Å². The molecule has 25 heavy (non-hydrogen) atoms. The molecule has 0 amide bonds. The smallest absolute Gasteiger partial charge is 0.142 e. The Morgan fingerprint density at radius 2 is 1.80 bits per heavy atom. The summed E-state index contributed by atoms with van der Waals surface area (Å²) in [4.78, 5) is 17.1. The van der Waals surface area contributed by atoms with Crippen LogP contribution in [-0.2, 0) is 12.8 Å². The molecule has 3 heterocycles. The van der Waals surface area contributed by atoms with Crippen LogP contribution in [0.4, 0.5) is 5.82 Å². The van der Waals surface area contributed by atoms with Crippen LogP contribution in [-0.4, -0.2) is 52.1 Å². The number of anilines is 1. The van der Waals surface area contributed by atoms with E-state index in [4.69, 9.17) is 0 Å². The third-order valence-electron chi connectivity index (χ3n) is 5.78.